The van der Waals surface area contributed by atoms with Crippen molar-refractivity contribution in [3.63, 3.8) is 0 Å². The summed E-state index contributed by atoms with van der Waals surface area (Å²) in [6.45, 7) is 8.12. The minimum atomic E-state index is -0.718. The van der Waals surface area contributed by atoms with Crippen LogP contribution >= 0.6 is 24.0 Å². The number of aromatic nitrogens is 1. The fourth-order valence-corrected chi connectivity index (χ4v) is 4.65. The van der Waals surface area contributed by atoms with Crippen molar-refractivity contribution in [3.05, 3.63) is 23.9 Å². The highest BCUT2D eigenvalue weighted by Gasteiger charge is 2.26. The molecule has 3 unspecified atom stereocenters. The number of nitrogens with one attached hydrogen (secondary N) is 2. The molecular formula is C20H35IN4O2S. The Hall–Kier alpha value is -0.900. The molecule has 6 nitrogen and oxygen atoms in total. The van der Waals surface area contributed by atoms with Gasteiger partial charge in [-0.15, -0.1) is 24.0 Å². The molecule has 1 aliphatic carbocycles. The van der Waals surface area contributed by atoms with Gasteiger partial charge in [-0.05, 0) is 38.7 Å². The van der Waals surface area contributed by atoms with E-state index in [-0.39, 0.29) is 24.0 Å². The Bertz CT molecular complexity index is 630. The van der Waals surface area contributed by atoms with Crippen LogP contribution in [0.4, 0.5) is 0 Å². The number of ether oxygens (including phenoxy) is 1. The van der Waals surface area contributed by atoms with Gasteiger partial charge in [0.1, 0.15) is 0 Å². The van der Waals surface area contributed by atoms with Crippen LogP contribution in [-0.2, 0) is 17.3 Å². The second-order valence-corrected chi connectivity index (χ2v) is 8.82. The van der Waals surface area contributed by atoms with E-state index in [1.807, 2.05) is 19.1 Å². The molecule has 0 spiro atoms. The van der Waals surface area contributed by atoms with Gasteiger partial charge in [0.2, 0.25) is 5.88 Å². The lowest BCUT2D eigenvalue weighted by molar-refractivity contribution is 0.302. The molecule has 0 bridgehead atoms. The Kier molecular flexibility index (Phi) is 12.7. The predicted molar refractivity (Wildman–Crippen MR) is 128 cm³/mol. The molecule has 2 N–H and O–H groups in total. The van der Waals surface area contributed by atoms with E-state index in [1.165, 1.54) is 0 Å². The van der Waals surface area contributed by atoms with E-state index in [9.17, 15) is 4.21 Å². The zero-order valence-corrected chi connectivity index (χ0v) is 20.4. The molecule has 1 aliphatic rings. The maximum atomic E-state index is 12.2. The average molecular weight is 522 g/mol. The highest BCUT2D eigenvalue weighted by Crippen LogP contribution is 2.23. The molecule has 0 aromatic carbocycles. The third-order valence-corrected chi connectivity index (χ3v) is 6.41. The molecular weight excluding hydrogens is 487 g/mol. The fourth-order valence-electron chi connectivity index (χ4n) is 3.30. The fraction of sp³-hybridized carbons (Fsp3) is 0.700. The minimum Gasteiger partial charge on any atom is -0.477 e. The first-order valence-electron chi connectivity index (χ1n) is 10.2. The molecule has 160 valence electrons. The second-order valence-electron chi connectivity index (χ2n) is 6.81. The normalized spacial score (nSPS) is 20.8. The molecule has 0 aliphatic heterocycles. The van der Waals surface area contributed by atoms with Gasteiger partial charge in [0.15, 0.2) is 5.96 Å². The Morgan fingerprint density at radius 1 is 1.36 bits per heavy atom. The summed E-state index contributed by atoms with van der Waals surface area (Å²) in [5, 5.41) is 7.17. The smallest absolute Gasteiger partial charge is 0.218 e. The second kappa shape index (κ2) is 14.1. The molecule has 1 aromatic heterocycles. The van der Waals surface area contributed by atoms with Crippen LogP contribution in [0.25, 0.3) is 0 Å². The summed E-state index contributed by atoms with van der Waals surface area (Å²) < 4.78 is 17.9. The molecule has 1 fully saturated rings. The van der Waals surface area contributed by atoms with Crippen molar-refractivity contribution in [3.8, 4) is 5.88 Å². The van der Waals surface area contributed by atoms with Crippen molar-refractivity contribution in [2.75, 3.05) is 18.9 Å². The maximum absolute atomic E-state index is 12.2. The van der Waals surface area contributed by atoms with Gasteiger partial charge in [-0.2, -0.15) is 0 Å². The first-order valence-corrected chi connectivity index (χ1v) is 11.5. The van der Waals surface area contributed by atoms with Crippen LogP contribution in [-0.4, -0.2) is 45.3 Å². The van der Waals surface area contributed by atoms with E-state index in [1.54, 1.807) is 6.20 Å². The SMILES string of the molecule is CCCOc1ncccc1CN=C(NCC)NC1CCCC(S(=O)CC)C1.I. The number of pyridine rings is 1. The standard InChI is InChI=1S/C20H34N4O2S.HI/c1-4-13-26-19-16(9-8-12-22-19)15-23-20(21-5-2)24-17-10-7-11-18(14-17)27(25)6-3;/h8-9,12,17-18H,4-7,10-11,13-15H2,1-3H3,(H2,21,23,24);1H. The van der Waals surface area contributed by atoms with Gasteiger partial charge in [-0.3, -0.25) is 4.21 Å². The van der Waals surface area contributed by atoms with Crippen LogP contribution in [0.2, 0.25) is 0 Å². The Morgan fingerprint density at radius 2 is 2.18 bits per heavy atom. The quantitative estimate of drug-likeness (QED) is 0.295. The van der Waals surface area contributed by atoms with E-state index in [2.05, 4.69) is 29.5 Å². The van der Waals surface area contributed by atoms with E-state index >= 15 is 0 Å². The van der Waals surface area contributed by atoms with Crippen molar-refractivity contribution in [2.45, 2.75) is 70.7 Å². The molecule has 0 saturated heterocycles. The maximum Gasteiger partial charge on any atom is 0.218 e. The van der Waals surface area contributed by atoms with E-state index < -0.39 is 10.8 Å². The molecule has 28 heavy (non-hydrogen) atoms. The summed E-state index contributed by atoms with van der Waals surface area (Å²) in [6, 6.07) is 4.24. The van der Waals surface area contributed by atoms with Crippen LogP contribution < -0.4 is 15.4 Å². The number of aliphatic imine (C=N–C) groups is 1. The average Bonchev–Trinajstić information content (AvgIpc) is 2.70. The van der Waals surface area contributed by atoms with Crippen LogP contribution in [0.3, 0.4) is 0 Å². The summed E-state index contributed by atoms with van der Waals surface area (Å²) in [5.41, 5.74) is 0.983. The Labute approximate surface area is 189 Å². The largest absolute Gasteiger partial charge is 0.477 e. The number of rotatable bonds is 9. The monoisotopic (exact) mass is 522 g/mol. The lowest BCUT2D eigenvalue weighted by atomic mass is 9.95. The summed E-state index contributed by atoms with van der Waals surface area (Å²) in [6.07, 6.45) is 6.93. The lowest BCUT2D eigenvalue weighted by Gasteiger charge is -2.30. The zero-order chi connectivity index (χ0) is 19.5. The molecule has 1 aromatic rings. The van der Waals surface area contributed by atoms with E-state index in [0.717, 1.165) is 55.9 Å². The lowest BCUT2D eigenvalue weighted by Crippen LogP contribution is -2.46. The van der Waals surface area contributed by atoms with Crippen molar-refractivity contribution in [1.82, 2.24) is 15.6 Å². The number of guanidine groups is 1. The number of hydrogen-bond acceptors (Lipinski definition) is 4. The summed E-state index contributed by atoms with van der Waals surface area (Å²) in [5.74, 6) is 2.21. The van der Waals surface area contributed by atoms with Crippen LogP contribution in [0.5, 0.6) is 5.88 Å². The summed E-state index contributed by atoms with van der Waals surface area (Å²) in [4.78, 5) is 9.06. The van der Waals surface area contributed by atoms with Crippen molar-refractivity contribution in [2.24, 2.45) is 4.99 Å². The molecule has 8 heteroatoms. The number of hydrogen-bond donors (Lipinski definition) is 2. The number of halogens is 1. The third-order valence-electron chi connectivity index (χ3n) is 4.67. The molecule has 1 saturated carbocycles. The topological polar surface area (TPSA) is 75.6 Å². The van der Waals surface area contributed by atoms with Gasteiger partial charge in [0.05, 0.1) is 13.2 Å². The zero-order valence-electron chi connectivity index (χ0n) is 17.3. The minimum absolute atomic E-state index is 0. The van der Waals surface area contributed by atoms with Gasteiger partial charge in [-0.25, -0.2) is 9.98 Å². The molecule has 0 radical (unpaired) electrons. The summed E-state index contributed by atoms with van der Waals surface area (Å²) >= 11 is 0. The van der Waals surface area contributed by atoms with Crippen LogP contribution in [0.15, 0.2) is 23.3 Å². The first kappa shape index (κ1) is 25.1. The molecule has 2 rings (SSSR count). The van der Waals surface area contributed by atoms with Crippen molar-refractivity contribution >= 4 is 40.7 Å². The van der Waals surface area contributed by atoms with Gasteiger partial charge >= 0.3 is 0 Å². The van der Waals surface area contributed by atoms with Gasteiger partial charge in [-0.1, -0.05) is 26.3 Å². The van der Waals surface area contributed by atoms with Gasteiger partial charge in [0, 0.05) is 46.1 Å². The van der Waals surface area contributed by atoms with E-state index in [0.29, 0.717) is 30.3 Å². The Morgan fingerprint density at radius 3 is 2.89 bits per heavy atom. The van der Waals surface area contributed by atoms with Crippen LogP contribution in [0, 0.1) is 0 Å². The number of nitrogens with zero attached hydrogens (tertiary/aromatic N) is 2. The van der Waals surface area contributed by atoms with Crippen molar-refractivity contribution in [1.29, 1.82) is 0 Å². The molecule has 0 amide bonds. The Balaban J connectivity index is 0.00000392. The summed E-state index contributed by atoms with van der Waals surface area (Å²) in [7, 11) is -0.718. The van der Waals surface area contributed by atoms with Gasteiger partial charge < -0.3 is 15.4 Å². The van der Waals surface area contributed by atoms with Gasteiger partial charge in [0.25, 0.3) is 0 Å². The highest BCUT2D eigenvalue weighted by atomic mass is 127. The van der Waals surface area contributed by atoms with E-state index in [4.69, 9.17) is 9.73 Å². The molecule has 3 atom stereocenters. The highest BCUT2D eigenvalue weighted by molar-refractivity contribution is 14.0. The predicted octanol–water partition coefficient (Wildman–Crippen LogP) is 3.62. The first-order chi connectivity index (χ1) is 13.2. The van der Waals surface area contributed by atoms with Crippen LogP contribution in [0.1, 0.15) is 58.4 Å². The third kappa shape index (κ3) is 8.23. The van der Waals surface area contributed by atoms with Crippen molar-refractivity contribution < 1.29 is 8.95 Å². The molecule has 1 heterocycles.